The summed E-state index contributed by atoms with van der Waals surface area (Å²) < 4.78 is 6.29. The monoisotopic (exact) mass is 435 g/mol. The predicted octanol–water partition coefficient (Wildman–Crippen LogP) is 3.57. The van der Waals surface area contributed by atoms with Gasteiger partial charge in [-0.25, -0.2) is 4.79 Å². The number of aryl methyl sites for hydroxylation is 1. The molecule has 0 aliphatic heterocycles. The molecule has 1 heterocycles. The van der Waals surface area contributed by atoms with Crippen LogP contribution in [0.5, 0.6) is 5.75 Å². The van der Waals surface area contributed by atoms with Gasteiger partial charge in [-0.1, -0.05) is 48.5 Å². The maximum absolute atomic E-state index is 12.7. The molecule has 0 spiro atoms. The van der Waals surface area contributed by atoms with E-state index in [-0.39, 0.29) is 24.5 Å². The summed E-state index contributed by atoms with van der Waals surface area (Å²) in [7, 11) is 1.50. The van der Waals surface area contributed by atoms with E-state index in [1.54, 1.807) is 13.0 Å². The van der Waals surface area contributed by atoms with Crippen LogP contribution in [0.2, 0.25) is 0 Å². The summed E-state index contributed by atoms with van der Waals surface area (Å²) in [6, 6.07) is 17.0. The molecular weight excluding hydrogens is 410 g/mol. The zero-order valence-corrected chi connectivity index (χ0v) is 17.9. The van der Waals surface area contributed by atoms with Gasteiger partial charge in [0.05, 0.1) is 19.1 Å². The van der Waals surface area contributed by atoms with E-state index in [4.69, 9.17) is 4.74 Å². The zero-order valence-electron chi connectivity index (χ0n) is 17.9. The van der Waals surface area contributed by atoms with Crippen LogP contribution in [0, 0.1) is 0 Å². The van der Waals surface area contributed by atoms with Crippen molar-refractivity contribution in [2.75, 3.05) is 11.9 Å². The second-order valence-corrected chi connectivity index (χ2v) is 7.14. The van der Waals surface area contributed by atoms with Crippen molar-refractivity contribution in [1.82, 2.24) is 9.88 Å². The van der Waals surface area contributed by atoms with Gasteiger partial charge < -0.3 is 25.0 Å². The first-order chi connectivity index (χ1) is 15.4. The molecule has 3 aromatic rings. The maximum atomic E-state index is 12.7. The number of nitrogens with one attached hydrogen (secondary N) is 2. The lowest BCUT2D eigenvalue weighted by Gasteiger charge is -2.20. The molecule has 2 amide bonds. The Bertz CT molecular complexity index is 1160. The van der Waals surface area contributed by atoms with Crippen molar-refractivity contribution in [3.05, 3.63) is 82.8 Å². The molecule has 166 valence electrons. The molecule has 8 nitrogen and oxygen atoms in total. The number of aromatic nitrogens is 1. The number of hydrogen-bond donors (Lipinski definition) is 3. The molecule has 0 radical (unpaired) electrons. The number of esters is 1. The molecular formula is C24H25N3O5. The molecule has 1 atom stereocenters. The molecule has 0 fully saturated rings. The molecule has 1 aromatic heterocycles. The third kappa shape index (κ3) is 5.54. The Labute approximate surface area is 185 Å². The van der Waals surface area contributed by atoms with Crippen LogP contribution in [0.1, 0.15) is 24.9 Å². The largest absolute Gasteiger partial charge is 0.505 e. The van der Waals surface area contributed by atoms with Gasteiger partial charge in [0.25, 0.3) is 5.56 Å². The summed E-state index contributed by atoms with van der Waals surface area (Å²) in [5.74, 6) is -0.822. The molecule has 0 saturated heterocycles. The zero-order chi connectivity index (χ0) is 23.1. The summed E-state index contributed by atoms with van der Waals surface area (Å²) in [6.45, 7) is 1.92. The topological polar surface area (TPSA) is 110 Å². The van der Waals surface area contributed by atoms with Gasteiger partial charge in [0.15, 0.2) is 5.69 Å². The maximum Gasteiger partial charge on any atom is 0.319 e. The van der Waals surface area contributed by atoms with E-state index in [1.807, 2.05) is 48.5 Å². The van der Waals surface area contributed by atoms with Crippen molar-refractivity contribution in [3.63, 3.8) is 0 Å². The van der Waals surface area contributed by atoms with Crippen molar-refractivity contribution in [3.8, 4) is 16.9 Å². The van der Waals surface area contributed by atoms with E-state index < -0.39 is 23.6 Å². The molecule has 32 heavy (non-hydrogen) atoms. The summed E-state index contributed by atoms with van der Waals surface area (Å²) in [5.41, 5.74) is 1.80. The van der Waals surface area contributed by atoms with E-state index in [0.29, 0.717) is 5.56 Å². The molecule has 0 unspecified atom stereocenters. The number of aromatic hydroxyl groups is 1. The Morgan fingerprint density at radius 2 is 1.78 bits per heavy atom. The van der Waals surface area contributed by atoms with Crippen molar-refractivity contribution >= 4 is 17.7 Å². The number of ether oxygens (including phenoxy) is 1. The number of carbonyl (C=O) groups is 2. The number of carbonyl (C=O) groups excluding carboxylic acids is 2. The molecule has 0 aliphatic rings. The second-order valence-electron chi connectivity index (χ2n) is 7.14. The highest BCUT2D eigenvalue weighted by molar-refractivity contribution is 5.91. The molecule has 3 N–H and O–H groups in total. The van der Waals surface area contributed by atoms with Crippen molar-refractivity contribution in [2.24, 2.45) is 7.05 Å². The molecule has 3 rings (SSSR count). The predicted molar refractivity (Wildman–Crippen MR) is 121 cm³/mol. The highest BCUT2D eigenvalue weighted by Gasteiger charge is 2.21. The Kier molecular flexibility index (Phi) is 7.28. The van der Waals surface area contributed by atoms with Gasteiger partial charge in [-0.15, -0.1) is 0 Å². The Morgan fingerprint density at radius 3 is 2.50 bits per heavy atom. The number of urea groups is 1. The first-order valence-electron chi connectivity index (χ1n) is 10.2. The smallest absolute Gasteiger partial charge is 0.319 e. The van der Waals surface area contributed by atoms with Gasteiger partial charge >= 0.3 is 12.0 Å². The van der Waals surface area contributed by atoms with Gasteiger partial charge in [0.2, 0.25) is 0 Å². The summed E-state index contributed by atoms with van der Waals surface area (Å²) >= 11 is 0. The minimum Gasteiger partial charge on any atom is -0.505 e. The third-order valence-electron chi connectivity index (χ3n) is 4.86. The minimum atomic E-state index is -0.733. The Hall–Kier alpha value is -4.07. The van der Waals surface area contributed by atoms with Crippen LogP contribution in [0.4, 0.5) is 10.5 Å². The highest BCUT2D eigenvalue weighted by Crippen LogP contribution is 2.25. The standard InChI is InChI=1S/C24H25N3O5/c1-3-32-21(29)15-19(18-11-7-10-17(14-18)16-8-5-4-6-9-16)25-24(31)26-22-20(28)12-13-27(2)23(22)30/h4-14,19,28H,3,15H2,1-2H3,(H2,25,26,31)/t19-/m0/s1. The number of benzene rings is 2. The number of nitrogens with zero attached hydrogens (tertiary/aromatic N) is 1. The molecule has 0 aliphatic carbocycles. The molecule has 8 heteroatoms. The van der Waals surface area contributed by atoms with E-state index in [0.717, 1.165) is 11.1 Å². The summed E-state index contributed by atoms with van der Waals surface area (Å²) in [4.78, 5) is 37.1. The fourth-order valence-electron chi connectivity index (χ4n) is 3.25. The van der Waals surface area contributed by atoms with Crippen LogP contribution in [-0.2, 0) is 16.6 Å². The van der Waals surface area contributed by atoms with E-state index in [9.17, 15) is 19.5 Å². The van der Waals surface area contributed by atoms with Gasteiger partial charge in [-0.3, -0.25) is 9.59 Å². The second kappa shape index (κ2) is 10.3. The fraction of sp³-hybridized carbons (Fsp3) is 0.208. The van der Waals surface area contributed by atoms with E-state index in [2.05, 4.69) is 10.6 Å². The van der Waals surface area contributed by atoms with Crippen LogP contribution in [0.3, 0.4) is 0 Å². The summed E-state index contributed by atoms with van der Waals surface area (Å²) in [5, 5.41) is 15.1. The van der Waals surface area contributed by atoms with E-state index >= 15 is 0 Å². The lowest BCUT2D eigenvalue weighted by Crippen LogP contribution is -2.36. The molecule has 2 aromatic carbocycles. The molecule has 0 saturated carbocycles. The number of rotatable bonds is 7. The first-order valence-corrected chi connectivity index (χ1v) is 10.2. The lowest BCUT2D eigenvalue weighted by atomic mass is 9.98. The van der Waals surface area contributed by atoms with Crippen LogP contribution < -0.4 is 16.2 Å². The highest BCUT2D eigenvalue weighted by atomic mass is 16.5. The van der Waals surface area contributed by atoms with Gasteiger partial charge in [-0.2, -0.15) is 0 Å². The third-order valence-corrected chi connectivity index (χ3v) is 4.86. The van der Waals surface area contributed by atoms with Crippen LogP contribution in [-0.4, -0.2) is 28.3 Å². The number of amides is 2. The average Bonchev–Trinajstić information content (AvgIpc) is 2.80. The Morgan fingerprint density at radius 1 is 1.06 bits per heavy atom. The average molecular weight is 435 g/mol. The quantitative estimate of drug-likeness (QED) is 0.492. The number of hydrogen-bond acceptors (Lipinski definition) is 5. The summed E-state index contributed by atoms with van der Waals surface area (Å²) in [6.07, 6.45) is 1.29. The van der Waals surface area contributed by atoms with Crippen LogP contribution >= 0.6 is 0 Å². The van der Waals surface area contributed by atoms with E-state index in [1.165, 1.54) is 23.9 Å². The van der Waals surface area contributed by atoms with Gasteiger partial charge in [-0.05, 0) is 35.7 Å². The Balaban J connectivity index is 1.87. The van der Waals surface area contributed by atoms with Crippen LogP contribution in [0.25, 0.3) is 11.1 Å². The van der Waals surface area contributed by atoms with Crippen molar-refractivity contribution in [2.45, 2.75) is 19.4 Å². The lowest BCUT2D eigenvalue weighted by molar-refractivity contribution is -0.143. The van der Waals surface area contributed by atoms with Crippen molar-refractivity contribution < 1.29 is 19.4 Å². The fourth-order valence-corrected chi connectivity index (χ4v) is 3.25. The van der Waals surface area contributed by atoms with Crippen LogP contribution in [0.15, 0.2) is 71.7 Å². The number of pyridine rings is 1. The molecule has 0 bridgehead atoms. The van der Waals surface area contributed by atoms with Gasteiger partial charge in [0, 0.05) is 13.2 Å². The first kappa shape index (κ1) is 22.6. The SMILES string of the molecule is CCOC(=O)C[C@H](NC(=O)Nc1c(O)ccn(C)c1=O)c1cccc(-c2ccccc2)c1. The number of anilines is 1. The minimum absolute atomic E-state index is 0.0989. The van der Waals surface area contributed by atoms with Gasteiger partial charge in [0.1, 0.15) is 5.75 Å². The van der Waals surface area contributed by atoms with Crippen molar-refractivity contribution in [1.29, 1.82) is 0 Å². The normalized spacial score (nSPS) is 11.4.